The molecule has 0 saturated heterocycles. The fourth-order valence-electron chi connectivity index (χ4n) is 2.54. The van der Waals surface area contributed by atoms with Gasteiger partial charge in [0, 0.05) is 23.1 Å². The van der Waals surface area contributed by atoms with Crippen LogP contribution in [0, 0.1) is 21.4 Å². The van der Waals surface area contributed by atoms with E-state index in [9.17, 15) is 15.4 Å². The maximum absolute atomic E-state index is 10.8. The second kappa shape index (κ2) is 8.33. The Morgan fingerprint density at radius 2 is 1.89 bits per heavy atom. The number of nitro benzene ring substituents is 1. The number of non-ortho nitro benzene ring substituents is 1. The summed E-state index contributed by atoms with van der Waals surface area (Å²) in [6.45, 7) is 0. The largest absolute Gasteiger partial charge is 0.493 e. The predicted octanol–water partition coefficient (Wildman–Crippen LogP) is 4.80. The number of ether oxygens (including phenoxy) is 2. The summed E-state index contributed by atoms with van der Waals surface area (Å²) < 4.78 is 10.5. The fraction of sp³-hybridized carbons (Fsp3) is 0.100. The van der Waals surface area contributed by atoms with Crippen LogP contribution in [0.5, 0.6) is 11.5 Å². The lowest BCUT2D eigenvalue weighted by atomic mass is 10.1. The van der Waals surface area contributed by atoms with Crippen LogP contribution in [0.25, 0.3) is 22.9 Å². The van der Waals surface area contributed by atoms with E-state index in [-0.39, 0.29) is 5.69 Å². The minimum Gasteiger partial charge on any atom is -0.493 e. The molecule has 3 aromatic rings. The van der Waals surface area contributed by atoms with Crippen molar-refractivity contribution in [2.75, 3.05) is 14.2 Å². The molecule has 0 N–H and O–H groups in total. The van der Waals surface area contributed by atoms with E-state index in [0.717, 1.165) is 11.1 Å². The normalized spacial score (nSPS) is 11.0. The molecule has 0 bridgehead atoms. The molecule has 0 aliphatic carbocycles. The monoisotopic (exact) mass is 393 g/mol. The molecular weight excluding hydrogens is 378 g/mol. The maximum Gasteiger partial charge on any atom is 0.269 e. The van der Waals surface area contributed by atoms with Crippen LogP contribution >= 0.6 is 11.3 Å². The molecule has 1 heterocycles. The quantitative estimate of drug-likeness (QED) is 0.339. The fourth-order valence-corrected chi connectivity index (χ4v) is 3.33. The van der Waals surface area contributed by atoms with Crippen molar-refractivity contribution in [3.63, 3.8) is 0 Å². The zero-order chi connectivity index (χ0) is 20.1. The van der Waals surface area contributed by atoms with E-state index >= 15 is 0 Å². The lowest BCUT2D eigenvalue weighted by molar-refractivity contribution is -0.384. The Labute approximate surface area is 165 Å². The topological polar surface area (TPSA) is 98.3 Å². The van der Waals surface area contributed by atoms with Gasteiger partial charge in [0.05, 0.1) is 30.4 Å². The molecule has 2 aromatic carbocycles. The number of allylic oxidation sites excluding steroid dienone is 1. The van der Waals surface area contributed by atoms with Crippen LogP contribution < -0.4 is 9.47 Å². The summed E-state index contributed by atoms with van der Waals surface area (Å²) in [5, 5.41) is 22.7. The molecule has 0 amide bonds. The second-order valence-electron chi connectivity index (χ2n) is 5.63. The molecule has 0 atom stereocenters. The van der Waals surface area contributed by atoms with Gasteiger partial charge < -0.3 is 9.47 Å². The van der Waals surface area contributed by atoms with Gasteiger partial charge in [0.15, 0.2) is 11.5 Å². The summed E-state index contributed by atoms with van der Waals surface area (Å²) in [6, 6.07) is 13.7. The van der Waals surface area contributed by atoms with Crippen LogP contribution in [0.15, 0.2) is 47.8 Å². The Kier molecular flexibility index (Phi) is 5.67. The van der Waals surface area contributed by atoms with Gasteiger partial charge in [0.2, 0.25) is 0 Å². The van der Waals surface area contributed by atoms with Crippen molar-refractivity contribution in [2.24, 2.45) is 0 Å². The van der Waals surface area contributed by atoms with Crippen LogP contribution in [0.2, 0.25) is 0 Å². The zero-order valence-corrected chi connectivity index (χ0v) is 15.9. The molecule has 28 heavy (non-hydrogen) atoms. The molecule has 0 aliphatic heterocycles. The number of nitrogens with zero attached hydrogens (tertiary/aromatic N) is 3. The van der Waals surface area contributed by atoms with E-state index < -0.39 is 4.92 Å². The van der Waals surface area contributed by atoms with Crippen LogP contribution in [0.1, 0.15) is 10.6 Å². The third-order valence-corrected chi connectivity index (χ3v) is 4.82. The summed E-state index contributed by atoms with van der Waals surface area (Å²) in [4.78, 5) is 14.8. The first-order valence-electron chi connectivity index (χ1n) is 8.10. The number of rotatable bonds is 6. The van der Waals surface area contributed by atoms with Crippen LogP contribution in [0.3, 0.4) is 0 Å². The van der Waals surface area contributed by atoms with Gasteiger partial charge in [-0.1, -0.05) is 6.07 Å². The van der Waals surface area contributed by atoms with Gasteiger partial charge in [0.1, 0.15) is 11.1 Å². The van der Waals surface area contributed by atoms with E-state index in [1.807, 2.05) is 11.4 Å². The molecule has 3 rings (SSSR count). The zero-order valence-electron chi connectivity index (χ0n) is 15.1. The number of benzene rings is 2. The molecule has 0 saturated carbocycles. The van der Waals surface area contributed by atoms with E-state index in [0.29, 0.717) is 27.8 Å². The smallest absolute Gasteiger partial charge is 0.269 e. The number of methoxy groups -OCH3 is 2. The Balaban J connectivity index is 1.91. The van der Waals surface area contributed by atoms with E-state index in [4.69, 9.17) is 9.47 Å². The number of nitriles is 1. The molecule has 0 fully saturated rings. The number of hydrogen-bond acceptors (Lipinski definition) is 7. The molecule has 0 unspecified atom stereocenters. The molecule has 1 aromatic heterocycles. The van der Waals surface area contributed by atoms with Crippen LogP contribution in [0.4, 0.5) is 5.69 Å². The minimum atomic E-state index is -0.449. The molecule has 0 aliphatic rings. The highest BCUT2D eigenvalue weighted by molar-refractivity contribution is 7.11. The van der Waals surface area contributed by atoms with Crippen molar-refractivity contribution in [1.29, 1.82) is 5.26 Å². The van der Waals surface area contributed by atoms with Gasteiger partial charge in [-0.15, -0.1) is 11.3 Å². The van der Waals surface area contributed by atoms with E-state index in [1.54, 1.807) is 44.6 Å². The first-order valence-corrected chi connectivity index (χ1v) is 8.98. The van der Waals surface area contributed by atoms with Crippen molar-refractivity contribution in [1.82, 2.24) is 4.98 Å². The van der Waals surface area contributed by atoms with Crippen molar-refractivity contribution in [3.8, 4) is 28.8 Å². The Morgan fingerprint density at radius 1 is 1.18 bits per heavy atom. The van der Waals surface area contributed by atoms with Crippen LogP contribution in [-0.2, 0) is 0 Å². The van der Waals surface area contributed by atoms with Crippen molar-refractivity contribution < 1.29 is 14.4 Å². The molecule has 140 valence electrons. The Morgan fingerprint density at radius 3 is 2.50 bits per heavy atom. The second-order valence-corrected chi connectivity index (χ2v) is 6.48. The molecule has 0 spiro atoms. The highest BCUT2D eigenvalue weighted by Gasteiger charge is 2.12. The first kappa shape index (κ1) is 19.1. The van der Waals surface area contributed by atoms with Gasteiger partial charge in [-0.05, 0) is 35.9 Å². The van der Waals surface area contributed by atoms with Gasteiger partial charge in [-0.2, -0.15) is 5.26 Å². The lowest BCUT2D eigenvalue weighted by Crippen LogP contribution is -1.91. The SMILES string of the molecule is COc1ccc(/C=C(/C#N)c2nc(-c3ccc([N+](=O)[O-])cc3)cs2)cc1OC. The number of hydrogen-bond donors (Lipinski definition) is 0. The predicted molar refractivity (Wildman–Crippen MR) is 107 cm³/mol. The van der Waals surface area contributed by atoms with Gasteiger partial charge in [0.25, 0.3) is 5.69 Å². The highest BCUT2D eigenvalue weighted by Crippen LogP contribution is 2.31. The minimum absolute atomic E-state index is 0.0188. The number of nitro groups is 1. The van der Waals surface area contributed by atoms with E-state index in [1.165, 1.54) is 23.5 Å². The summed E-state index contributed by atoms with van der Waals surface area (Å²) in [5.41, 5.74) is 2.61. The number of aromatic nitrogens is 1. The highest BCUT2D eigenvalue weighted by atomic mass is 32.1. The van der Waals surface area contributed by atoms with Gasteiger partial charge in [-0.25, -0.2) is 4.98 Å². The Bertz CT molecular complexity index is 1080. The van der Waals surface area contributed by atoms with Crippen molar-refractivity contribution in [3.05, 3.63) is 68.5 Å². The average Bonchev–Trinajstić information content (AvgIpc) is 3.21. The standard InChI is InChI=1S/C20H15N3O4S/c1-26-18-8-3-13(10-19(18)27-2)9-15(11-21)20-22-17(12-28-20)14-4-6-16(7-5-14)23(24)25/h3-10,12H,1-2H3/b15-9-. The van der Waals surface area contributed by atoms with Gasteiger partial charge >= 0.3 is 0 Å². The Hall–Kier alpha value is -3.70. The summed E-state index contributed by atoms with van der Waals surface area (Å²) >= 11 is 1.33. The summed E-state index contributed by atoms with van der Waals surface area (Å²) in [6.07, 6.45) is 1.72. The van der Waals surface area contributed by atoms with Crippen molar-refractivity contribution >= 4 is 28.7 Å². The average molecular weight is 393 g/mol. The molecular formula is C20H15N3O4S. The molecule has 8 heteroatoms. The van der Waals surface area contributed by atoms with Crippen LogP contribution in [-0.4, -0.2) is 24.1 Å². The third-order valence-electron chi connectivity index (χ3n) is 3.95. The third kappa shape index (κ3) is 4.00. The van der Waals surface area contributed by atoms with E-state index in [2.05, 4.69) is 11.1 Å². The van der Waals surface area contributed by atoms with Gasteiger partial charge in [-0.3, -0.25) is 10.1 Å². The summed E-state index contributed by atoms with van der Waals surface area (Å²) in [7, 11) is 3.11. The van der Waals surface area contributed by atoms with Crippen molar-refractivity contribution in [2.45, 2.75) is 0 Å². The number of thiazole rings is 1. The first-order chi connectivity index (χ1) is 13.5. The summed E-state index contributed by atoms with van der Waals surface area (Å²) in [5.74, 6) is 1.17. The molecule has 0 radical (unpaired) electrons. The lowest BCUT2D eigenvalue weighted by Gasteiger charge is -2.07. The molecule has 7 nitrogen and oxygen atoms in total. The maximum atomic E-state index is 10.8.